The molecule has 1 heterocycles. The summed E-state index contributed by atoms with van der Waals surface area (Å²) < 4.78 is 0. The van der Waals surface area contributed by atoms with E-state index in [0.717, 1.165) is 12.3 Å². The fourth-order valence-electron chi connectivity index (χ4n) is 2.80. The van der Waals surface area contributed by atoms with Crippen LogP contribution < -0.4 is 16.6 Å². The Morgan fingerprint density at radius 3 is 2.62 bits per heavy atom. The van der Waals surface area contributed by atoms with Crippen molar-refractivity contribution in [2.24, 2.45) is 17.7 Å². The highest BCUT2D eigenvalue weighted by Gasteiger charge is 2.23. The van der Waals surface area contributed by atoms with Crippen molar-refractivity contribution in [3.63, 3.8) is 0 Å². The zero-order valence-electron chi connectivity index (χ0n) is 12.2. The zero-order valence-corrected chi connectivity index (χ0v) is 12.2. The number of anilines is 2. The van der Waals surface area contributed by atoms with Crippen LogP contribution in [0, 0.1) is 22.0 Å². The Kier molecular flexibility index (Phi) is 5.26. The summed E-state index contributed by atoms with van der Waals surface area (Å²) in [6.07, 6.45) is 7.29. The summed E-state index contributed by atoms with van der Waals surface area (Å²) in [6, 6.07) is 0. The lowest BCUT2D eigenvalue weighted by Crippen LogP contribution is -2.17. The molecule has 0 bridgehead atoms. The van der Waals surface area contributed by atoms with Gasteiger partial charge in [0, 0.05) is 6.54 Å². The van der Waals surface area contributed by atoms with Crippen LogP contribution in [0.15, 0.2) is 6.33 Å². The van der Waals surface area contributed by atoms with Crippen LogP contribution in [-0.4, -0.2) is 21.4 Å². The van der Waals surface area contributed by atoms with Gasteiger partial charge in [0.15, 0.2) is 0 Å². The van der Waals surface area contributed by atoms with Gasteiger partial charge in [-0.15, -0.1) is 0 Å². The fourth-order valence-corrected chi connectivity index (χ4v) is 2.80. The maximum Gasteiger partial charge on any atom is 0.354 e. The normalized spacial score (nSPS) is 21.8. The number of aromatic nitrogens is 2. The summed E-state index contributed by atoms with van der Waals surface area (Å²) in [5.41, 5.74) is 2.02. The van der Waals surface area contributed by atoms with E-state index in [9.17, 15) is 10.1 Å². The van der Waals surface area contributed by atoms with E-state index in [0.29, 0.717) is 12.5 Å². The molecule has 1 aromatic heterocycles. The fraction of sp³-hybridized carbons (Fsp3) is 0.692. The van der Waals surface area contributed by atoms with Gasteiger partial charge in [0.05, 0.1) is 4.92 Å². The van der Waals surface area contributed by atoms with Crippen molar-refractivity contribution in [1.82, 2.24) is 9.97 Å². The van der Waals surface area contributed by atoms with Gasteiger partial charge in [-0.3, -0.25) is 10.1 Å². The average molecular weight is 294 g/mol. The Morgan fingerprint density at radius 2 is 2.00 bits per heavy atom. The molecule has 1 fully saturated rings. The molecule has 0 aromatic carbocycles. The van der Waals surface area contributed by atoms with Crippen molar-refractivity contribution in [2.45, 2.75) is 39.0 Å². The zero-order chi connectivity index (χ0) is 15.2. The van der Waals surface area contributed by atoms with E-state index in [1.807, 2.05) is 0 Å². The lowest BCUT2D eigenvalue weighted by molar-refractivity contribution is -0.383. The molecule has 0 saturated heterocycles. The second-order valence-corrected chi connectivity index (χ2v) is 5.66. The van der Waals surface area contributed by atoms with Crippen molar-refractivity contribution >= 4 is 17.3 Å². The molecule has 2 rings (SSSR count). The Balaban J connectivity index is 1.92. The molecule has 1 aliphatic rings. The number of hydrogen-bond donors (Lipinski definition) is 3. The predicted molar refractivity (Wildman–Crippen MR) is 80.7 cm³/mol. The highest BCUT2D eigenvalue weighted by molar-refractivity contribution is 5.68. The summed E-state index contributed by atoms with van der Waals surface area (Å²) in [4.78, 5) is 18.3. The van der Waals surface area contributed by atoms with Crippen LogP contribution >= 0.6 is 0 Å². The van der Waals surface area contributed by atoms with Crippen LogP contribution in [0.5, 0.6) is 0 Å². The van der Waals surface area contributed by atoms with Gasteiger partial charge in [-0.2, -0.15) is 0 Å². The summed E-state index contributed by atoms with van der Waals surface area (Å²) in [7, 11) is 0. The van der Waals surface area contributed by atoms with Gasteiger partial charge in [-0.05, 0) is 18.3 Å². The van der Waals surface area contributed by atoms with Crippen LogP contribution in [0.1, 0.15) is 39.0 Å². The van der Waals surface area contributed by atoms with Crippen LogP contribution in [0.2, 0.25) is 0 Å². The first-order valence-corrected chi connectivity index (χ1v) is 7.31. The predicted octanol–water partition coefficient (Wildman–Crippen LogP) is 2.30. The first-order valence-electron chi connectivity index (χ1n) is 7.31. The number of nitrogens with one attached hydrogen (secondary N) is 2. The number of nitrogen functional groups attached to an aromatic ring is 1. The van der Waals surface area contributed by atoms with Crippen LogP contribution in [-0.2, 0) is 0 Å². The molecule has 0 spiro atoms. The lowest BCUT2D eigenvalue weighted by atomic mass is 9.81. The second kappa shape index (κ2) is 7.16. The van der Waals surface area contributed by atoms with Crippen molar-refractivity contribution in [3.8, 4) is 0 Å². The Labute approximate surface area is 123 Å². The average Bonchev–Trinajstić information content (AvgIpc) is 2.48. The van der Waals surface area contributed by atoms with Gasteiger partial charge in [0.1, 0.15) is 6.33 Å². The number of hydrogen-bond acceptors (Lipinski definition) is 7. The number of nitrogens with two attached hydrogens (primary N) is 1. The highest BCUT2D eigenvalue weighted by Crippen LogP contribution is 2.31. The van der Waals surface area contributed by atoms with E-state index in [2.05, 4.69) is 27.6 Å². The molecular formula is C13H22N6O2. The molecule has 4 N–H and O–H groups in total. The number of rotatable bonds is 6. The standard InChI is InChI=1S/C13H22N6O2/c1-9-2-4-10(5-3-9)6-7-15-12-11(19(20)21)13(18-14)17-8-16-12/h8-10H,2-7,14H2,1H3,(H2,15,16,17,18). The Morgan fingerprint density at radius 1 is 1.33 bits per heavy atom. The lowest BCUT2D eigenvalue weighted by Gasteiger charge is -2.26. The summed E-state index contributed by atoms with van der Waals surface area (Å²) >= 11 is 0. The van der Waals surface area contributed by atoms with E-state index in [1.54, 1.807) is 0 Å². The summed E-state index contributed by atoms with van der Waals surface area (Å²) in [5.74, 6) is 7.00. The van der Waals surface area contributed by atoms with Gasteiger partial charge in [0.25, 0.3) is 0 Å². The first-order chi connectivity index (χ1) is 10.1. The quantitative estimate of drug-likeness (QED) is 0.418. The summed E-state index contributed by atoms with van der Waals surface area (Å²) in [5, 5.41) is 14.1. The van der Waals surface area contributed by atoms with Crippen molar-refractivity contribution in [2.75, 3.05) is 17.3 Å². The SMILES string of the molecule is CC1CCC(CCNc2ncnc(NN)c2[N+](=O)[O-])CC1. The third-order valence-electron chi connectivity index (χ3n) is 4.12. The molecule has 1 saturated carbocycles. The molecule has 0 amide bonds. The maximum absolute atomic E-state index is 11.1. The third-order valence-corrected chi connectivity index (χ3v) is 4.12. The van der Waals surface area contributed by atoms with Gasteiger partial charge >= 0.3 is 5.69 Å². The molecule has 0 aliphatic heterocycles. The molecule has 116 valence electrons. The smallest absolute Gasteiger partial charge is 0.354 e. The molecule has 0 radical (unpaired) electrons. The monoisotopic (exact) mass is 294 g/mol. The number of nitro groups is 1. The minimum Gasteiger partial charge on any atom is -0.364 e. The third kappa shape index (κ3) is 4.01. The van der Waals surface area contributed by atoms with Gasteiger partial charge in [0.2, 0.25) is 11.6 Å². The molecule has 8 nitrogen and oxygen atoms in total. The van der Waals surface area contributed by atoms with Crippen molar-refractivity contribution in [1.29, 1.82) is 0 Å². The minimum atomic E-state index is -0.528. The number of nitrogens with zero attached hydrogens (tertiary/aromatic N) is 3. The van der Waals surface area contributed by atoms with Crippen LogP contribution in [0.25, 0.3) is 0 Å². The van der Waals surface area contributed by atoms with E-state index in [-0.39, 0.29) is 17.3 Å². The molecule has 1 aromatic rings. The topological polar surface area (TPSA) is 119 Å². The second-order valence-electron chi connectivity index (χ2n) is 5.66. The highest BCUT2D eigenvalue weighted by atomic mass is 16.6. The molecule has 0 unspecified atom stereocenters. The van der Waals surface area contributed by atoms with E-state index < -0.39 is 4.92 Å². The molecule has 8 heteroatoms. The Hall–Kier alpha value is -1.96. The van der Waals surface area contributed by atoms with Gasteiger partial charge in [-0.1, -0.05) is 32.6 Å². The van der Waals surface area contributed by atoms with Crippen LogP contribution in [0.3, 0.4) is 0 Å². The Bertz CT molecular complexity index is 488. The van der Waals surface area contributed by atoms with Crippen molar-refractivity contribution < 1.29 is 4.92 Å². The van der Waals surface area contributed by atoms with Crippen molar-refractivity contribution in [3.05, 3.63) is 16.4 Å². The molecule has 21 heavy (non-hydrogen) atoms. The largest absolute Gasteiger partial charge is 0.364 e. The minimum absolute atomic E-state index is 0.0176. The number of hydrazine groups is 1. The van der Waals surface area contributed by atoms with E-state index in [1.165, 1.54) is 32.0 Å². The van der Waals surface area contributed by atoms with Gasteiger partial charge < -0.3 is 10.7 Å². The molecule has 0 atom stereocenters. The van der Waals surface area contributed by atoms with E-state index in [4.69, 9.17) is 5.84 Å². The van der Waals surface area contributed by atoms with Gasteiger partial charge in [-0.25, -0.2) is 15.8 Å². The van der Waals surface area contributed by atoms with E-state index >= 15 is 0 Å². The first kappa shape index (κ1) is 15.4. The molecule has 1 aliphatic carbocycles. The maximum atomic E-state index is 11.1. The van der Waals surface area contributed by atoms with Crippen LogP contribution in [0.4, 0.5) is 17.3 Å². The summed E-state index contributed by atoms with van der Waals surface area (Å²) in [6.45, 7) is 2.96. The molecular weight excluding hydrogens is 272 g/mol.